The van der Waals surface area contributed by atoms with Crippen LogP contribution in [0.1, 0.15) is 18.9 Å². The number of nitrogens with two attached hydrogens (primary N) is 1. The van der Waals surface area contributed by atoms with Crippen LogP contribution in [0.3, 0.4) is 0 Å². The first-order valence-electron chi connectivity index (χ1n) is 6.58. The van der Waals surface area contributed by atoms with Gasteiger partial charge in [-0.1, -0.05) is 31.2 Å². The fourth-order valence-corrected chi connectivity index (χ4v) is 2.27. The van der Waals surface area contributed by atoms with Crippen molar-refractivity contribution in [2.75, 3.05) is 5.32 Å². The Hall–Kier alpha value is -2.43. The molecule has 0 saturated carbocycles. The summed E-state index contributed by atoms with van der Waals surface area (Å²) in [5, 5.41) is 2.87. The zero-order chi connectivity index (χ0) is 15.5. The first-order valence-corrected chi connectivity index (χ1v) is 6.58. The van der Waals surface area contributed by atoms with Gasteiger partial charge in [-0.15, -0.1) is 0 Å². The molecule has 21 heavy (non-hydrogen) atoms. The predicted molar refractivity (Wildman–Crippen MR) is 77.6 cm³/mol. The molecule has 0 aliphatic carbocycles. The largest absolute Gasteiger partial charge is 0.367 e. The zero-order valence-corrected chi connectivity index (χ0v) is 11.6. The van der Waals surface area contributed by atoms with Gasteiger partial charge in [0.15, 0.2) is 0 Å². The van der Waals surface area contributed by atoms with Crippen molar-refractivity contribution in [2.24, 2.45) is 5.73 Å². The molecule has 0 aromatic heterocycles. The predicted octanol–water partition coefficient (Wildman–Crippen LogP) is 3.17. The Morgan fingerprint density at radius 1 is 1.14 bits per heavy atom. The van der Waals surface area contributed by atoms with Crippen LogP contribution in [0.5, 0.6) is 0 Å². The lowest BCUT2D eigenvalue weighted by Gasteiger charge is -2.32. The van der Waals surface area contributed by atoms with E-state index in [4.69, 9.17) is 5.73 Å². The highest BCUT2D eigenvalue weighted by atomic mass is 19.1. The minimum absolute atomic E-state index is 0.169. The van der Waals surface area contributed by atoms with Gasteiger partial charge in [-0.2, -0.15) is 0 Å². The van der Waals surface area contributed by atoms with Crippen LogP contribution in [-0.4, -0.2) is 5.91 Å². The SMILES string of the molecule is CCC(Nc1ccccc1F)(C(N)=O)c1ccc(F)cc1. The van der Waals surface area contributed by atoms with Gasteiger partial charge in [-0.3, -0.25) is 4.79 Å². The summed E-state index contributed by atoms with van der Waals surface area (Å²) in [6.45, 7) is 1.75. The molecule has 0 saturated heterocycles. The Bertz CT molecular complexity index is 643. The molecule has 110 valence electrons. The number of hydrogen-bond donors (Lipinski definition) is 2. The van der Waals surface area contributed by atoms with E-state index in [1.54, 1.807) is 19.1 Å². The van der Waals surface area contributed by atoms with Gasteiger partial charge in [0.2, 0.25) is 5.91 Å². The third kappa shape index (κ3) is 2.86. The average Bonchev–Trinajstić information content (AvgIpc) is 2.47. The van der Waals surface area contributed by atoms with E-state index in [9.17, 15) is 13.6 Å². The van der Waals surface area contributed by atoms with Gasteiger partial charge in [0, 0.05) is 0 Å². The number of nitrogens with one attached hydrogen (secondary N) is 1. The number of primary amides is 1. The lowest BCUT2D eigenvalue weighted by Crippen LogP contribution is -2.47. The Morgan fingerprint density at radius 2 is 1.76 bits per heavy atom. The molecule has 0 radical (unpaired) electrons. The van der Waals surface area contributed by atoms with E-state index < -0.39 is 23.1 Å². The summed E-state index contributed by atoms with van der Waals surface area (Å²) < 4.78 is 26.9. The second kappa shape index (κ2) is 5.91. The number of amides is 1. The average molecular weight is 290 g/mol. The monoisotopic (exact) mass is 290 g/mol. The minimum Gasteiger partial charge on any atom is -0.367 e. The van der Waals surface area contributed by atoms with E-state index >= 15 is 0 Å². The molecule has 0 spiro atoms. The Labute approximate surface area is 121 Å². The van der Waals surface area contributed by atoms with Gasteiger partial charge in [0.05, 0.1) is 5.69 Å². The molecule has 3 N–H and O–H groups in total. The van der Waals surface area contributed by atoms with E-state index in [0.29, 0.717) is 12.0 Å². The molecule has 0 bridgehead atoms. The smallest absolute Gasteiger partial charge is 0.247 e. The van der Waals surface area contributed by atoms with Gasteiger partial charge < -0.3 is 11.1 Å². The molecule has 0 fully saturated rings. The summed E-state index contributed by atoms with van der Waals surface area (Å²) in [7, 11) is 0. The third-order valence-electron chi connectivity index (χ3n) is 3.51. The van der Waals surface area contributed by atoms with E-state index in [1.165, 1.54) is 36.4 Å². The first kappa shape index (κ1) is 15.0. The molecule has 0 aliphatic heterocycles. The summed E-state index contributed by atoms with van der Waals surface area (Å²) >= 11 is 0. The maximum atomic E-state index is 13.8. The topological polar surface area (TPSA) is 55.1 Å². The second-order valence-electron chi connectivity index (χ2n) is 4.73. The highest BCUT2D eigenvalue weighted by Gasteiger charge is 2.37. The fourth-order valence-electron chi connectivity index (χ4n) is 2.27. The van der Waals surface area contributed by atoms with Crippen LogP contribution >= 0.6 is 0 Å². The zero-order valence-electron chi connectivity index (χ0n) is 11.6. The second-order valence-corrected chi connectivity index (χ2v) is 4.73. The standard InChI is InChI=1S/C16H16F2N2O/c1-2-16(15(19)21,11-7-9-12(17)10-8-11)20-14-6-4-3-5-13(14)18/h3-10,20H,2H2,1H3,(H2,19,21). The van der Waals surface area contributed by atoms with Gasteiger partial charge in [0.25, 0.3) is 0 Å². The number of hydrogen-bond acceptors (Lipinski definition) is 2. The molecule has 2 aromatic rings. The lowest BCUT2D eigenvalue weighted by molar-refractivity contribution is -0.122. The minimum atomic E-state index is -1.30. The van der Waals surface area contributed by atoms with Crippen LogP contribution in [0.15, 0.2) is 48.5 Å². The van der Waals surface area contributed by atoms with Crippen molar-refractivity contribution in [3.8, 4) is 0 Å². The number of carbonyl (C=O) groups excluding carboxylic acids is 1. The molecule has 3 nitrogen and oxygen atoms in total. The van der Waals surface area contributed by atoms with Crippen LogP contribution < -0.4 is 11.1 Å². The van der Waals surface area contributed by atoms with E-state index in [2.05, 4.69) is 5.32 Å². The van der Waals surface area contributed by atoms with Gasteiger partial charge >= 0.3 is 0 Å². The summed E-state index contributed by atoms with van der Waals surface area (Å²) in [4.78, 5) is 12.0. The summed E-state index contributed by atoms with van der Waals surface area (Å²) in [6.07, 6.45) is 0.294. The molecule has 0 aliphatic rings. The van der Waals surface area contributed by atoms with Crippen molar-refractivity contribution in [2.45, 2.75) is 18.9 Å². The molecule has 1 unspecified atom stereocenters. The maximum absolute atomic E-state index is 13.8. The fraction of sp³-hybridized carbons (Fsp3) is 0.188. The van der Waals surface area contributed by atoms with Crippen LogP contribution in [0, 0.1) is 11.6 Å². The maximum Gasteiger partial charge on any atom is 0.247 e. The number of anilines is 1. The summed E-state index contributed by atoms with van der Waals surface area (Å²) in [6, 6.07) is 11.4. The van der Waals surface area contributed by atoms with Crippen molar-refractivity contribution in [3.63, 3.8) is 0 Å². The molecule has 2 rings (SSSR count). The number of halogens is 2. The van der Waals surface area contributed by atoms with Crippen molar-refractivity contribution in [1.82, 2.24) is 0 Å². The van der Waals surface area contributed by atoms with Crippen molar-refractivity contribution in [3.05, 3.63) is 65.7 Å². The van der Waals surface area contributed by atoms with Crippen LogP contribution in [0.2, 0.25) is 0 Å². The molecular formula is C16H16F2N2O. The quantitative estimate of drug-likeness (QED) is 0.888. The molecule has 1 amide bonds. The van der Waals surface area contributed by atoms with E-state index in [-0.39, 0.29) is 5.69 Å². The normalized spacial score (nSPS) is 13.5. The summed E-state index contributed by atoms with van der Waals surface area (Å²) in [5.41, 5.74) is 4.89. The number of para-hydroxylation sites is 1. The molecule has 5 heteroatoms. The Kier molecular flexibility index (Phi) is 4.21. The highest BCUT2D eigenvalue weighted by Crippen LogP contribution is 2.31. The third-order valence-corrected chi connectivity index (χ3v) is 3.51. The Morgan fingerprint density at radius 3 is 2.29 bits per heavy atom. The van der Waals surface area contributed by atoms with Gasteiger partial charge in [-0.25, -0.2) is 8.78 Å². The van der Waals surface area contributed by atoms with Crippen LogP contribution in [0.4, 0.5) is 14.5 Å². The van der Waals surface area contributed by atoms with E-state index in [1.807, 2.05) is 0 Å². The number of benzene rings is 2. The highest BCUT2D eigenvalue weighted by molar-refractivity contribution is 5.89. The first-order chi connectivity index (χ1) is 9.99. The Balaban J connectivity index is 2.50. The molecule has 0 heterocycles. The van der Waals surface area contributed by atoms with E-state index in [0.717, 1.165) is 0 Å². The molecule has 1 atom stereocenters. The van der Waals surface area contributed by atoms with Crippen molar-refractivity contribution < 1.29 is 13.6 Å². The van der Waals surface area contributed by atoms with Gasteiger partial charge in [0.1, 0.15) is 17.2 Å². The number of rotatable bonds is 5. The number of carbonyl (C=O) groups is 1. The van der Waals surface area contributed by atoms with Crippen LogP contribution in [0.25, 0.3) is 0 Å². The van der Waals surface area contributed by atoms with Crippen LogP contribution in [-0.2, 0) is 10.3 Å². The van der Waals surface area contributed by atoms with Gasteiger partial charge in [-0.05, 0) is 36.2 Å². The van der Waals surface area contributed by atoms with Crippen molar-refractivity contribution >= 4 is 11.6 Å². The summed E-state index contributed by atoms with van der Waals surface area (Å²) in [5.74, 6) is -1.56. The van der Waals surface area contributed by atoms with Crippen molar-refractivity contribution in [1.29, 1.82) is 0 Å². The lowest BCUT2D eigenvalue weighted by atomic mass is 9.86. The molecular weight excluding hydrogens is 274 g/mol. The molecule has 2 aromatic carbocycles.